The molecule has 20 heavy (non-hydrogen) atoms. The van der Waals surface area contributed by atoms with Crippen LogP contribution in [0.25, 0.3) is 0 Å². The molecule has 1 saturated heterocycles. The monoisotopic (exact) mass is 274 g/mol. The summed E-state index contributed by atoms with van der Waals surface area (Å²) in [4.78, 5) is 2.43. The Labute approximate surface area is 124 Å². The SMILES string of the molecule is CC(C)c1ccc(NC2CCCN(C)C2)c(C(C)C)c1. The Morgan fingerprint density at radius 1 is 1.15 bits per heavy atom. The van der Waals surface area contributed by atoms with Crippen LogP contribution in [0.5, 0.6) is 0 Å². The fourth-order valence-electron chi connectivity index (χ4n) is 3.05. The number of piperidine rings is 1. The third-order valence-electron chi connectivity index (χ3n) is 4.35. The van der Waals surface area contributed by atoms with Gasteiger partial charge in [0.2, 0.25) is 0 Å². The molecule has 1 aliphatic rings. The highest BCUT2D eigenvalue weighted by Gasteiger charge is 2.18. The summed E-state index contributed by atoms with van der Waals surface area (Å²) in [6.45, 7) is 11.5. The van der Waals surface area contributed by atoms with Crippen LogP contribution in [-0.2, 0) is 0 Å². The first-order valence-corrected chi connectivity index (χ1v) is 8.06. The van der Waals surface area contributed by atoms with Crippen LogP contribution in [0.15, 0.2) is 18.2 Å². The van der Waals surface area contributed by atoms with Crippen molar-refractivity contribution in [1.82, 2.24) is 4.90 Å². The van der Waals surface area contributed by atoms with E-state index in [0.717, 1.165) is 6.54 Å². The first kappa shape index (κ1) is 15.4. The Morgan fingerprint density at radius 3 is 2.50 bits per heavy atom. The highest BCUT2D eigenvalue weighted by Crippen LogP contribution is 2.29. The lowest BCUT2D eigenvalue weighted by atomic mass is 9.93. The van der Waals surface area contributed by atoms with E-state index in [1.807, 2.05) is 0 Å². The molecular weight excluding hydrogens is 244 g/mol. The van der Waals surface area contributed by atoms with E-state index in [1.54, 1.807) is 0 Å². The molecule has 1 unspecified atom stereocenters. The van der Waals surface area contributed by atoms with Crippen LogP contribution in [0.4, 0.5) is 5.69 Å². The molecule has 1 fully saturated rings. The van der Waals surface area contributed by atoms with Gasteiger partial charge in [-0.05, 0) is 55.5 Å². The minimum absolute atomic E-state index is 0.567. The Hall–Kier alpha value is -1.02. The third kappa shape index (κ3) is 3.76. The van der Waals surface area contributed by atoms with Gasteiger partial charge in [-0.1, -0.05) is 39.8 Å². The second-order valence-corrected chi connectivity index (χ2v) is 6.90. The Kier molecular flexibility index (Phi) is 5.09. The molecule has 0 aliphatic carbocycles. The lowest BCUT2D eigenvalue weighted by Crippen LogP contribution is -2.39. The summed E-state index contributed by atoms with van der Waals surface area (Å²) in [5.41, 5.74) is 4.24. The van der Waals surface area contributed by atoms with E-state index in [-0.39, 0.29) is 0 Å². The van der Waals surface area contributed by atoms with Crippen molar-refractivity contribution < 1.29 is 0 Å². The van der Waals surface area contributed by atoms with Crippen LogP contribution in [0.2, 0.25) is 0 Å². The normalized spacial score (nSPS) is 20.6. The van der Waals surface area contributed by atoms with Crippen LogP contribution in [-0.4, -0.2) is 31.1 Å². The van der Waals surface area contributed by atoms with E-state index in [2.05, 4.69) is 63.2 Å². The van der Waals surface area contributed by atoms with E-state index in [0.29, 0.717) is 17.9 Å². The molecule has 1 N–H and O–H groups in total. The van der Waals surface area contributed by atoms with Crippen molar-refractivity contribution in [2.45, 2.75) is 58.4 Å². The zero-order valence-corrected chi connectivity index (χ0v) is 13.7. The maximum Gasteiger partial charge on any atom is 0.0388 e. The molecule has 1 aliphatic heterocycles. The second-order valence-electron chi connectivity index (χ2n) is 6.90. The summed E-state index contributed by atoms with van der Waals surface area (Å²) in [7, 11) is 2.22. The highest BCUT2D eigenvalue weighted by atomic mass is 15.1. The van der Waals surface area contributed by atoms with Gasteiger partial charge in [0.15, 0.2) is 0 Å². The van der Waals surface area contributed by atoms with Gasteiger partial charge in [-0.15, -0.1) is 0 Å². The Bertz CT molecular complexity index is 437. The predicted octanol–water partition coefficient (Wildman–Crippen LogP) is 4.44. The molecule has 0 bridgehead atoms. The number of benzene rings is 1. The van der Waals surface area contributed by atoms with Crippen LogP contribution in [0.3, 0.4) is 0 Å². The largest absolute Gasteiger partial charge is 0.381 e. The molecule has 1 heterocycles. The number of nitrogens with zero attached hydrogens (tertiary/aromatic N) is 1. The molecule has 0 saturated carbocycles. The molecule has 1 atom stereocenters. The van der Waals surface area contributed by atoms with Gasteiger partial charge in [0.05, 0.1) is 0 Å². The lowest BCUT2D eigenvalue weighted by molar-refractivity contribution is 0.261. The van der Waals surface area contributed by atoms with Gasteiger partial charge in [-0.2, -0.15) is 0 Å². The van der Waals surface area contributed by atoms with Crippen molar-refractivity contribution in [2.75, 3.05) is 25.5 Å². The summed E-state index contributed by atoms with van der Waals surface area (Å²) in [6, 6.07) is 7.56. The first-order chi connectivity index (χ1) is 9.47. The molecule has 0 aromatic heterocycles. The number of nitrogens with one attached hydrogen (secondary N) is 1. The minimum Gasteiger partial charge on any atom is -0.381 e. The molecule has 0 radical (unpaired) electrons. The van der Waals surface area contributed by atoms with Gasteiger partial charge in [0, 0.05) is 18.3 Å². The van der Waals surface area contributed by atoms with Crippen molar-refractivity contribution in [2.24, 2.45) is 0 Å². The van der Waals surface area contributed by atoms with E-state index >= 15 is 0 Å². The maximum atomic E-state index is 3.79. The minimum atomic E-state index is 0.567. The fourth-order valence-corrected chi connectivity index (χ4v) is 3.05. The van der Waals surface area contributed by atoms with Crippen LogP contribution < -0.4 is 5.32 Å². The van der Waals surface area contributed by atoms with Gasteiger partial charge in [0.1, 0.15) is 0 Å². The van der Waals surface area contributed by atoms with E-state index in [9.17, 15) is 0 Å². The molecule has 2 nitrogen and oxygen atoms in total. The van der Waals surface area contributed by atoms with E-state index in [1.165, 1.54) is 36.2 Å². The molecular formula is C18H30N2. The molecule has 112 valence electrons. The van der Waals surface area contributed by atoms with E-state index < -0.39 is 0 Å². The summed E-state index contributed by atoms with van der Waals surface area (Å²) in [5, 5.41) is 3.79. The average Bonchev–Trinajstić information content (AvgIpc) is 2.38. The smallest absolute Gasteiger partial charge is 0.0388 e. The third-order valence-corrected chi connectivity index (χ3v) is 4.35. The van der Waals surface area contributed by atoms with Crippen LogP contribution in [0, 0.1) is 0 Å². The number of likely N-dealkylation sites (N-methyl/N-ethyl adjacent to an activating group) is 1. The summed E-state index contributed by atoms with van der Waals surface area (Å²) < 4.78 is 0. The number of rotatable bonds is 4. The van der Waals surface area contributed by atoms with Crippen molar-refractivity contribution in [1.29, 1.82) is 0 Å². The number of hydrogen-bond acceptors (Lipinski definition) is 2. The number of hydrogen-bond donors (Lipinski definition) is 1. The summed E-state index contributed by atoms with van der Waals surface area (Å²) in [5.74, 6) is 1.17. The van der Waals surface area contributed by atoms with Gasteiger partial charge in [-0.25, -0.2) is 0 Å². The zero-order chi connectivity index (χ0) is 14.7. The lowest BCUT2D eigenvalue weighted by Gasteiger charge is -2.32. The van der Waals surface area contributed by atoms with Crippen LogP contribution in [0.1, 0.15) is 63.5 Å². The molecule has 1 aromatic rings. The molecule has 2 heteroatoms. The Balaban J connectivity index is 2.17. The number of anilines is 1. The molecule has 0 spiro atoms. The zero-order valence-electron chi connectivity index (χ0n) is 13.7. The topological polar surface area (TPSA) is 15.3 Å². The quantitative estimate of drug-likeness (QED) is 0.873. The summed E-state index contributed by atoms with van der Waals surface area (Å²) >= 11 is 0. The van der Waals surface area contributed by atoms with E-state index in [4.69, 9.17) is 0 Å². The van der Waals surface area contributed by atoms with Gasteiger partial charge >= 0.3 is 0 Å². The van der Waals surface area contributed by atoms with Crippen molar-refractivity contribution in [3.8, 4) is 0 Å². The molecule has 2 rings (SSSR count). The van der Waals surface area contributed by atoms with Crippen molar-refractivity contribution in [3.05, 3.63) is 29.3 Å². The van der Waals surface area contributed by atoms with Crippen molar-refractivity contribution in [3.63, 3.8) is 0 Å². The molecule has 1 aromatic carbocycles. The standard InChI is InChI=1S/C18H30N2/c1-13(2)15-8-9-18(17(11-15)14(3)4)19-16-7-6-10-20(5)12-16/h8-9,11,13-14,16,19H,6-7,10,12H2,1-5H3. The Morgan fingerprint density at radius 2 is 1.90 bits per heavy atom. The second kappa shape index (κ2) is 6.62. The first-order valence-electron chi connectivity index (χ1n) is 8.06. The fraction of sp³-hybridized carbons (Fsp3) is 0.667. The maximum absolute atomic E-state index is 3.79. The van der Waals surface area contributed by atoms with Gasteiger partial charge in [-0.3, -0.25) is 0 Å². The average molecular weight is 274 g/mol. The van der Waals surface area contributed by atoms with Crippen molar-refractivity contribution >= 4 is 5.69 Å². The summed E-state index contributed by atoms with van der Waals surface area (Å²) in [6.07, 6.45) is 2.59. The highest BCUT2D eigenvalue weighted by molar-refractivity contribution is 5.55. The van der Waals surface area contributed by atoms with Gasteiger partial charge in [0.25, 0.3) is 0 Å². The molecule has 0 amide bonds. The predicted molar refractivity (Wildman–Crippen MR) is 88.8 cm³/mol. The van der Waals surface area contributed by atoms with Gasteiger partial charge < -0.3 is 10.2 Å². The number of likely N-dealkylation sites (tertiary alicyclic amines) is 1. The van der Waals surface area contributed by atoms with Crippen LogP contribution >= 0.6 is 0 Å².